The summed E-state index contributed by atoms with van der Waals surface area (Å²) in [5.74, 6) is 1.72. The van der Waals surface area contributed by atoms with Gasteiger partial charge in [-0.25, -0.2) is 0 Å². The fourth-order valence-electron chi connectivity index (χ4n) is 2.75. The van der Waals surface area contributed by atoms with Crippen molar-refractivity contribution in [2.75, 3.05) is 0 Å². The van der Waals surface area contributed by atoms with E-state index in [1.54, 1.807) is 0 Å². The summed E-state index contributed by atoms with van der Waals surface area (Å²) < 4.78 is 0. The molecule has 2 atom stereocenters. The Hall–Kier alpha value is -0.590. The van der Waals surface area contributed by atoms with Gasteiger partial charge in [-0.3, -0.25) is 4.79 Å². The van der Waals surface area contributed by atoms with Crippen molar-refractivity contribution < 1.29 is 4.79 Å². The molecular formula is C11H16O. The van der Waals surface area contributed by atoms with Gasteiger partial charge in [0.1, 0.15) is 6.29 Å². The van der Waals surface area contributed by atoms with Crippen molar-refractivity contribution in [1.82, 2.24) is 0 Å². The normalized spacial score (nSPS) is 35.1. The molecule has 0 radical (unpaired) electrons. The zero-order valence-electron chi connectivity index (χ0n) is 7.68. The van der Waals surface area contributed by atoms with Gasteiger partial charge in [0.2, 0.25) is 0 Å². The van der Waals surface area contributed by atoms with Crippen LogP contribution in [0.1, 0.15) is 39.0 Å². The number of hydrogen-bond acceptors (Lipinski definition) is 1. The van der Waals surface area contributed by atoms with Crippen molar-refractivity contribution >= 4 is 6.29 Å². The molecule has 0 spiro atoms. The van der Waals surface area contributed by atoms with Gasteiger partial charge >= 0.3 is 0 Å². The van der Waals surface area contributed by atoms with Gasteiger partial charge in [-0.2, -0.15) is 0 Å². The van der Waals surface area contributed by atoms with Gasteiger partial charge in [0.15, 0.2) is 0 Å². The first-order chi connectivity index (χ1) is 5.79. The van der Waals surface area contributed by atoms with Gasteiger partial charge in [-0.15, -0.1) is 0 Å². The average molecular weight is 164 g/mol. The number of rotatable bonds is 1. The smallest absolute Gasteiger partial charge is 0.145 e. The van der Waals surface area contributed by atoms with Crippen LogP contribution in [-0.2, 0) is 4.79 Å². The lowest BCUT2D eigenvalue weighted by atomic mass is 9.95. The van der Waals surface area contributed by atoms with E-state index in [9.17, 15) is 4.79 Å². The molecule has 0 aromatic heterocycles. The Balaban J connectivity index is 2.22. The average Bonchev–Trinajstić information content (AvgIpc) is 2.39. The molecule has 2 bridgehead atoms. The van der Waals surface area contributed by atoms with Crippen molar-refractivity contribution in [2.24, 2.45) is 11.8 Å². The molecule has 1 heteroatoms. The van der Waals surface area contributed by atoms with Crippen LogP contribution in [0, 0.1) is 11.8 Å². The number of fused-ring (bicyclic) bond motifs is 2. The molecule has 66 valence electrons. The van der Waals surface area contributed by atoms with Crippen LogP contribution in [0.3, 0.4) is 0 Å². The third-order valence-electron chi connectivity index (χ3n) is 3.44. The van der Waals surface area contributed by atoms with Crippen molar-refractivity contribution in [3.8, 4) is 0 Å². The van der Waals surface area contributed by atoms with Crippen molar-refractivity contribution in [3.05, 3.63) is 11.1 Å². The van der Waals surface area contributed by atoms with E-state index in [2.05, 4.69) is 6.92 Å². The minimum absolute atomic E-state index is 0.827. The highest BCUT2D eigenvalue weighted by atomic mass is 16.1. The van der Waals surface area contributed by atoms with Crippen molar-refractivity contribution in [1.29, 1.82) is 0 Å². The molecule has 0 aromatic rings. The zero-order chi connectivity index (χ0) is 8.55. The lowest BCUT2D eigenvalue weighted by Gasteiger charge is -2.10. The summed E-state index contributed by atoms with van der Waals surface area (Å²) in [6.07, 6.45) is 7.45. The van der Waals surface area contributed by atoms with Gasteiger partial charge in [0.05, 0.1) is 0 Å². The SMILES string of the molecule is CC1=C(C=O)CC2CCC(C1)C2. The van der Waals surface area contributed by atoms with E-state index in [0.717, 1.165) is 30.1 Å². The minimum atomic E-state index is 0.827. The second-order valence-corrected chi connectivity index (χ2v) is 4.38. The van der Waals surface area contributed by atoms with Crippen LogP contribution in [0.2, 0.25) is 0 Å². The van der Waals surface area contributed by atoms with Gasteiger partial charge in [-0.1, -0.05) is 5.57 Å². The van der Waals surface area contributed by atoms with Gasteiger partial charge < -0.3 is 0 Å². The van der Waals surface area contributed by atoms with Crippen LogP contribution in [0.15, 0.2) is 11.1 Å². The Bertz CT molecular complexity index is 227. The fourth-order valence-corrected chi connectivity index (χ4v) is 2.75. The first kappa shape index (κ1) is 8.03. The Morgan fingerprint density at radius 2 is 1.92 bits per heavy atom. The second kappa shape index (κ2) is 3.04. The Morgan fingerprint density at radius 3 is 2.58 bits per heavy atom. The number of carbonyl (C=O) groups excluding carboxylic acids is 1. The highest BCUT2D eigenvalue weighted by Crippen LogP contribution is 2.41. The van der Waals surface area contributed by atoms with E-state index in [0.29, 0.717) is 0 Å². The molecule has 1 fully saturated rings. The lowest BCUT2D eigenvalue weighted by molar-refractivity contribution is -0.105. The highest BCUT2D eigenvalue weighted by Gasteiger charge is 2.29. The van der Waals surface area contributed by atoms with E-state index < -0.39 is 0 Å². The molecule has 2 rings (SSSR count). The summed E-state index contributed by atoms with van der Waals surface area (Å²) in [6, 6.07) is 0. The molecule has 2 unspecified atom stereocenters. The predicted octanol–water partition coefficient (Wildman–Crippen LogP) is 2.71. The molecule has 1 nitrogen and oxygen atoms in total. The van der Waals surface area contributed by atoms with Crippen LogP contribution in [0.5, 0.6) is 0 Å². The third-order valence-corrected chi connectivity index (χ3v) is 3.44. The summed E-state index contributed by atoms with van der Waals surface area (Å²) in [7, 11) is 0. The lowest BCUT2D eigenvalue weighted by Crippen LogP contribution is -1.98. The fraction of sp³-hybridized carbons (Fsp3) is 0.727. The van der Waals surface area contributed by atoms with Gasteiger partial charge in [0, 0.05) is 0 Å². The van der Waals surface area contributed by atoms with Crippen LogP contribution in [0.25, 0.3) is 0 Å². The topological polar surface area (TPSA) is 17.1 Å². The van der Waals surface area contributed by atoms with Crippen molar-refractivity contribution in [2.45, 2.75) is 39.0 Å². The van der Waals surface area contributed by atoms with E-state index in [1.807, 2.05) is 0 Å². The number of allylic oxidation sites excluding steroid dienone is 2. The second-order valence-electron chi connectivity index (χ2n) is 4.38. The monoisotopic (exact) mass is 164 g/mol. The molecule has 12 heavy (non-hydrogen) atoms. The molecule has 0 amide bonds. The van der Waals surface area contributed by atoms with Crippen LogP contribution in [-0.4, -0.2) is 6.29 Å². The number of hydrogen-bond donors (Lipinski definition) is 0. The first-order valence-electron chi connectivity index (χ1n) is 4.93. The van der Waals surface area contributed by atoms with Gasteiger partial charge in [0.25, 0.3) is 0 Å². The summed E-state index contributed by atoms with van der Waals surface area (Å²) in [5, 5.41) is 0. The Labute approximate surface area is 73.8 Å². The minimum Gasteiger partial charge on any atom is -0.298 e. The van der Waals surface area contributed by atoms with Crippen molar-refractivity contribution in [3.63, 3.8) is 0 Å². The van der Waals surface area contributed by atoms with Gasteiger partial charge in [-0.05, 0) is 56.4 Å². The first-order valence-corrected chi connectivity index (χ1v) is 4.93. The number of aldehydes is 1. The zero-order valence-corrected chi connectivity index (χ0v) is 7.68. The maximum absolute atomic E-state index is 10.7. The quantitative estimate of drug-likeness (QED) is 0.544. The summed E-state index contributed by atoms with van der Waals surface area (Å²) in [4.78, 5) is 10.7. The molecule has 2 aliphatic rings. The van der Waals surface area contributed by atoms with E-state index in [4.69, 9.17) is 0 Å². The maximum Gasteiger partial charge on any atom is 0.145 e. The number of carbonyl (C=O) groups is 1. The van der Waals surface area contributed by atoms with Crippen LogP contribution in [0.4, 0.5) is 0 Å². The summed E-state index contributed by atoms with van der Waals surface area (Å²) in [6.45, 7) is 2.13. The van der Waals surface area contributed by atoms with Crippen LogP contribution >= 0.6 is 0 Å². The Kier molecular flexibility index (Phi) is 2.03. The molecule has 0 saturated heterocycles. The molecular weight excluding hydrogens is 148 g/mol. The highest BCUT2D eigenvalue weighted by molar-refractivity contribution is 5.74. The van der Waals surface area contributed by atoms with Crippen LogP contribution < -0.4 is 0 Å². The molecule has 0 N–H and O–H groups in total. The largest absolute Gasteiger partial charge is 0.298 e. The Morgan fingerprint density at radius 1 is 1.25 bits per heavy atom. The third kappa shape index (κ3) is 1.33. The molecule has 1 saturated carbocycles. The molecule has 0 heterocycles. The molecule has 0 aromatic carbocycles. The predicted molar refractivity (Wildman–Crippen MR) is 48.8 cm³/mol. The standard InChI is InChI=1S/C11H16O/c1-8-4-9-2-3-10(5-9)6-11(8)7-12/h7,9-10H,2-6H2,1H3. The molecule has 2 aliphatic carbocycles. The van der Waals surface area contributed by atoms with E-state index >= 15 is 0 Å². The maximum atomic E-state index is 10.7. The van der Waals surface area contributed by atoms with E-state index in [-0.39, 0.29) is 0 Å². The summed E-state index contributed by atoms with van der Waals surface area (Å²) >= 11 is 0. The van der Waals surface area contributed by atoms with E-state index in [1.165, 1.54) is 31.3 Å². The molecule has 0 aliphatic heterocycles. The summed E-state index contributed by atoms with van der Waals surface area (Å²) in [5.41, 5.74) is 2.46.